The van der Waals surface area contributed by atoms with Crippen LogP contribution in [0.3, 0.4) is 0 Å². The monoisotopic (exact) mass is 146 g/mol. The lowest BCUT2D eigenvalue weighted by atomic mass is 10.1. The van der Waals surface area contributed by atoms with Crippen LogP contribution in [0.5, 0.6) is 0 Å². The highest BCUT2D eigenvalue weighted by Gasteiger charge is 2.01. The van der Waals surface area contributed by atoms with Crippen molar-refractivity contribution in [3.8, 4) is 6.07 Å². The molecule has 53 valence electrons. The van der Waals surface area contributed by atoms with Crippen LogP contribution in [0.4, 0.5) is 0 Å². The molecule has 3 heteroatoms. The predicted octanol–water partition coefficient (Wildman–Crippen LogP) is 1.06. The van der Waals surface area contributed by atoms with Crippen molar-refractivity contribution in [2.24, 2.45) is 0 Å². The fraction of sp³-hybridized carbons (Fsp3) is 0. The van der Waals surface area contributed by atoms with Gasteiger partial charge in [-0.05, 0) is 24.3 Å². The summed E-state index contributed by atoms with van der Waals surface area (Å²) >= 11 is 0. The highest BCUT2D eigenvalue weighted by Crippen LogP contribution is 2.02. The number of carboxylic acid groups (broad SMARTS) is 1. The molecule has 0 unspecified atom stereocenters. The Hall–Kier alpha value is -1.82. The molecule has 1 radical (unpaired) electrons. The first-order valence-corrected chi connectivity index (χ1v) is 2.88. The second-order valence-corrected chi connectivity index (χ2v) is 1.93. The van der Waals surface area contributed by atoms with Crippen molar-refractivity contribution in [1.82, 2.24) is 0 Å². The Bertz CT molecular complexity index is 325. The minimum atomic E-state index is -1.04. The van der Waals surface area contributed by atoms with E-state index in [1.165, 1.54) is 18.2 Å². The van der Waals surface area contributed by atoms with Gasteiger partial charge in [0.1, 0.15) is 0 Å². The van der Waals surface area contributed by atoms with Gasteiger partial charge in [0.15, 0.2) is 0 Å². The summed E-state index contributed by atoms with van der Waals surface area (Å²) in [5, 5.41) is 16.9. The van der Waals surface area contributed by atoms with Crippen LogP contribution in [0.15, 0.2) is 18.2 Å². The Morgan fingerprint density at radius 3 is 2.91 bits per heavy atom. The van der Waals surface area contributed by atoms with Crippen molar-refractivity contribution >= 4 is 5.97 Å². The number of aromatic carboxylic acids is 1. The molecule has 0 bridgehead atoms. The summed E-state index contributed by atoms with van der Waals surface area (Å²) in [6.07, 6.45) is 0. The lowest BCUT2D eigenvalue weighted by Crippen LogP contribution is -1.95. The van der Waals surface area contributed by atoms with Gasteiger partial charge in [-0.1, -0.05) is 0 Å². The second-order valence-electron chi connectivity index (χ2n) is 1.93. The molecule has 1 aromatic carbocycles. The van der Waals surface area contributed by atoms with E-state index in [9.17, 15) is 4.79 Å². The van der Waals surface area contributed by atoms with Crippen molar-refractivity contribution < 1.29 is 9.90 Å². The molecule has 0 aliphatic heterocycles. The Morgan fingerprint density at radius 1 is 1.64 bits per heavy atom. The van der Waals surface area contributed by atoms with Gasteiger partial charge in [-0.3, -0.25) is 0 Å². The normalized spacial score (nSPS) is 8.64. The van der Waals surface area contributed by atoms with Crippen LogP contribution in [0.25, 0.3) is 0 Å². The minimum Gasteiger partial charge on any atom is -0.478 e. The molecule has 0 aliphatic rings. The second kappa shape index (κ2) is 2.84. The lowest BCUT2D eigenvalue weighted by Gasteiger charge is -1.91. The van der Waals surface area contributed by atoms with Crippen LogP contribution in [0.1, 0.15) is 15.9 Å². The zero-order valence-corrected chi connectivity index (χ0v) is 5.53. The minimum absolute atomic E-state index is 0.0871. The molecule has 1 N–H and O–H groups in total. The smallest absolute Gasteiger partial charge is 0.335 e. The van der Waals surface area contributed by atoms with E-state index in [-0.39, 0.29) is 5.56 Å². The molecular weight excluding hydrogens is 142 g/mol. The average molecular weight is 146 g/mol. The summed E-state index contributed by atoms with van der Waals surface area (Å²) in [5.41, 5.74) is 0.397. The van der Waals surface area contributed by atoms with Gasteiger partial charge in [0.25, 0.3) is 0 Å². The van der Waals surface area contributed by atoms with Gasteiger partial charge in [0.05, 0.1) is 17.2 Å². The standard InChI is InChI=1S/C8H4NO2/c9-5-6-2-1-3-7(4-6)8(10)11/h2-4H,(H,10,11). The van der Waals surface area contributed by atoms with Gasteiger partial charge in [0.2, 0.25) is 0 Å². The van der Waals surface area contributed by atoms with E-state index < -0.39 is 5.97 Å². The molecule has 1 rings (SSSR count). The van der Waals surface area contributed by atoms with E-state index in [0.717, 1.165) is 0 Å². The molecule has 3 nitrogen and oxygen atoms in total. The molecule has 0 saturated carbocycles. The Morgan fingerprint density at radius 2 is 2.36 bits per heavy atom. The molecule has 1 aromatic rings. The number of benzene rings is 1. The zero-order valence-electron chi connectivity index (χ0n) is 5.53. The van der Waals surface area contributed by atoms with Crippen LogP contribution in [0, 0.1) is 17.4 Å². The summed E-state index contributed by atoms with van der Waals surface area (Å²) in [6.45, 7) is 0. The first kappa shape index (κ1) is 7.29. The van der Waals surface area contributed by atoms with Gasteiger partial charge >= 0.3 is 5.97 Å². The zero-order chi connectivity index (χ0) is 8.27. The molecule has 0 amide bonds. The van der Waals surface area contributed by atoms with Gasteiger partial charge in [-0.25, -0.2) is 4.79 Å². The maximum atomic E-state index is 10.3. The van der Waals surface area contributed by atoms with Crippen molar-refractivity contribution in [3.05, 3.63) is 35.4 Å². The van der Waals surface area contributed by atoms with Crippen LogP contribution < -0.4 is 0 Å². The number of nitrogens with zero attached hydrogens (tertiary/aromatic N) is 1. The quantitative estimate of drug-likeness (QED) is 0.644. The van der Waals surface area contributed by atoms with Gasteiger partial charge in [-0.2, -0.15) is 5.26 Å². The van der Waals surface area contributed by atoms with Crippen LogP contribution >= 0.6 is 0 Å². The van der Waals surface area contributed by atoms with Crippen LogP contribution in [0.2, 0.25) is 0 Å². The van der Waals surface area contributed by atoms with E-state index in [4.69, 9.17) is 10.4 Å². The summed E-state index contributed by atoms with van der Waals surface area (Å²) in [4.78, 5) is 10.3. The molecule has 11 heavy (non-hydrogen) atoms. The SMILES string of the molecule is N#Cc1c[c]cc(C(=O)O)c1. The van der Waals surface area contributed by atoms with E-state index in [1.54, 1.807) is 0 Å². The summed E-state index contributed by atoms with van der Waals surface area (Å²) in [7, 11) is 0. The average Bonchev–Trinajstić information content (AvgIpc) is 2.05. The Balaban J connectivity index is 3.13. The summed E-state index contributed by atoms with van der Waals surface area (Å²) < 4.78 is 0. The molecule has 0 heterocycles. The molecule has 0 aromatic heterocycles. The highest BCUT2D eigenvalue weighted by molar-refractivity contribution is 5.87. The summed E-state index contributed by atoms with van der Waals surface area (Å²) in [5.74, 6) is -1.04. The third-order valence-electron chi connectivity index (χ3n) is 1.16. The predicted molar refractivity (Wildman–Crippen MR) is 37.0 cm³/mol. The fourth-order valence-corrected chi connectivity index (χ4v) is 0.660. The van der Waals surface area contributed by atoms with E-state index in [2.05, 4.69) is 6.07 Å². The first-order valence-electron chi connectivity index (χ1n) is 2.88. The van der Waals surface area contributed by atoms with E-state index >= 15 is 0 Å². The van der Waals surface area contributed by atoms with Gasteiger partial charge in [0, 0.05) is 0 Å². The van der Waals surface area contributed by atoms with E-state index in [0.29, 0.717) is 5.56 Å². The van der Waals surface area contributed by atoms with Crippen LogP contribution in [-0.2, 0) is 0 Å². The number of carbonyl (C=O) groups is 1. The largest absolute Gasteiger partial charge is 0.478 e. The third kappa shape index (κ3) is 1.55. The lowest BCUT2D eigenvalue weighted by molar-refractivity contribution is 0.0697. The van der Waals surface area contributed by atoms with Gasteiger partial charge in [-0.15, -0.1) is 0 Å². The Kier molecular flexibility index (Phi) is 1.88. The van der Waals surface area contributed by atoms with Crippen LogP contribution in [-0.4, -0.2) is 11.1 Å². The molecule has 0 aliphatic carbocycles. The number of carboxylic acids is 1. The molecule has 0 atom stereocenters. The van der Waals surface area contributed by atoms with Crippen molar-refractivity contribution in [2.45, 2.75) is 0 Å². The van der Waals surface area contributed by atoms with Crippen molar-refractivity contribution in [3.63, 3.8) is 0 Å². The highest BCUT2D eigenvalue weighted by atomic mass is 16.4. The molecule has 0 spiro atoms. The third-order valence-corrected chi connectivity index (χ3v) is 1.16. The summed E-state index contributed by atoms with van der Waals surface area (Å²) in [6, 6.07) is 8.45. The number of rotatable bonds is 1. The van der Waals surface area contributed by atoms with Gasteiger partial charge < -0.3 is 5.11 Å². The molecule has 0 saturated heterocycles. The first-order chi connectivity index (χ1) is 5.24. The molecular formula is C8H4NO2. The Labute approximate surface area is 63.5 Å². The number of nitriles is 1. The fourth-order valence-electron chi connectivity index (χ4n) is 0.660. The number of hydrogen-bond acceptors (Lipinski definition) is 2. The van der Waals surface area contributed by atoms with E-state index in [1.807, 2.05) is 6.07 Å². The maximum Gasteiger partial charge on any atom is 0.335 e. The topological polar surface area (TPSA) is 61.1 Å². The van der Waals surface area contributed by atoms with Crippen molar-refractivity contribution in [1.29, 1.82) is 5.26 Å². The molecule has 0 fully saturated rings. The van der Waals surface area contributed by atoms with Crippen molar-refractivity contribution in [2.75, 3.05) is 0 Å². The number of hydrogen-bond donors (Lipinski definition) is 1. The maximum absolute atomic E-state index is 10.3.